The van der Waals surface area contributed by atoms with E-state index in [2.05, 4.69) is 45.5 Å². The zero-order chi connectivity index (χ0) is 13.3. The summed E-state index contributed by atoms with van der Waals surface area (Å²) in [4.78, 5) is 0. The van der Waals surface area contributed by atoms with Crippen molar-refractivity contribution in [3.8, 4) is 0 Å². The van der Waals surface area contributed by atoms with Crippen molar-refractivity contribution in [1.29, 1.82) is 0 Å². The molecule has 96 valence electrons. The Morgan fingerprint density at radius 1 is 1.35 bits per heavy atom. The Hall–Kier alpha value is -1.32. The van der Waals surface area contributed by atoms with Crippen molar-refractivity contribution in [2.75, 3.05) is 6.61 Å². The minimum Gasteiger partial charge on any atom is -0.375 e. The number of thiocarbonyl (C=S) groups is 2. The molecule has 0 bridgehead atoms. The molecule has 0 fully saturated rings. The van der Waals surface area contributed by atoms with E-state index >= 15 is 0 Å². The van der Waals surface area contributed by atoms with Gasteiger partial charge in [0.1, 0.15) is 11.8 Å². The summed E-state index contributed by atoms with van der Waals surface area (Å²) in [6.07, 6.45) is 1.16. The summed E-state index contributed by atoms with van der Waals surface area (Å²) in [6, 6.07) is 0. The lowest BCUT2D eigenvalue weighted by atomic mass is 10.2. The first-order chi connectivity index (χ1) is 7.97. The first kappa shape index (κ1) is 15.7. The fourth-order valence-electron chi connectivity index (χ4n) is 0.842. The van der Waals surface area contributed by atoms with Crippen LogP contribution in [0.25, 0.3) is 0 Å². The third-order valence-corrected chi connectivity index (χ3v) is 1.68. The molecular weight excluding hydrogens is 260 g/mol. The SMILES string of the molecule is CCO[C@@H](C)C(/C=N\NC(N)=S)=N/NC(N)=S. The van der Waals surface area contributed by atoms with Gasteiger partial charge in [0.05, 0.1) is 6.21 Å². The van der Waals surface area contributed by atoms with Gasteiger partial charge in [-0.05, 0) is 38.3 Å². The number of hydrazone groups is 2. The van der Waals surface area contributed by atoms with E-state index < -0.39 is 0 Å². The van der Waals surface area contributed by atoms with Crippen molar-refractivity contribution in [3.05, 3.63) is 0 Å². The van der Waals surface area contributed by atoms with Crippen LogP contribution in [-0.2, 0) is 4.74 Å². The van der Waals surface area contributed by atoms with Gasteiger partial charge in [-0.15, -0.1) is 0 Å². The van der Waals surface area contributed by atoms with Crippen LogP contribution >= 0.6 is 24.4 Å². The second-order valence-electron chi connectivity index (χ2n) is 2.84. The fourth-order valence-corrected chi connectivity index (χ4v) is 0.940. The van der Waals surface area contributed by atoms with Gasteiger partial charge in [0.15, 0.2) is 10.2 Å². The number of rotatable bonds is 6. The van der Waals surface area contributed by atoms with Crippen LogP contribution in [0.15, 0.2) is 10.2 Å². The Morgan fingerprint density at radius 3 is 2.41 bits per heavy atom. The highest BCUT2D eigenvalue weighted by molar-refractivity contribution is 7.80. The predicted molar refractivity (Wildman–Crippen MR) is 76.9 cm³/mol. The van der Waals surface area contributed by atoms with Gasteiger partial charge in [-0.2, -0.15) is 10.2 Å². The molecule has 0 aromatic rings. The zero-order valence-electron chi connectivity index (χ0n) is 9.64. The number of hydrogen-bond acceptors (Lipinski definition) is 5. The van der Waals surface area contributed by atoms with Gasteiger partial charge in [-0.3, -0.25) is 10.9 Å². The summed E-state index contributed by atoms with van der Waals surface area (Å²) >= 11 is 9.23. The van der Waals surface area contributed by atoms with E-state index in [1.165, 1.54) is 6.21 Å². The van der Waals surface area contributed by atoms with Crippen molar-refractivity contribution in [1.82, 2.24) is 10.9 Å². The quantitative estimate of drug-likeness (QED) is 0.292. The lowest BCUT2D eigenvalue weighted by Crippen LogP contribution is -2.31. The van der Waals surface area contributed by atoms with Crippen LogP contribution in [0.1, 0.15) is 13.8 Å². The molecular formula is C8H16N6OS2. The Bertz CT molecular complexity index is 330. The van der Waals surface area contributed by atoms with Crippen LogP contribution in [-0.4, -0.2) is 34.9 Å². The highest BCUT2D eigenvalue weighted by Crippen LogP contribution is 1.93. The summed E-state index contributed by atoms with van der Waals surface area (Å²) in [6.45, 7) is 4.24. The van der Waals surface area contributed by atoms with Crippen molar-refractivity contribution < 1.29 is 4.74 Å². The molecule has 0 radical (unpaired) electrons. The Labute approximate surface area is 111 Å². The van der Waals surface area contributed by atoms with Gasteiger partial charge >= 0.3 is 0 Å². The van der Waals surface area contributed by atoms with Crippen molar-refractivity contribution >= 4 is 46.6 Å². The number of nitrogens with one attached hydrogen (secondary N) is 2. The third kappa shape index (κ3) is 8.48. The first-order valence-electron chi connectivity index (χ1n) is 4.80. The van der Waals surface area contributed by atoms with E-state index in [0.29, 0.717) is 12.3 Å². The lowest BCUT2D eigenvalue weighted by molar-refractivity contribution is 0.123. The average Bonchev–Trinajstić information content (AvgIpc) is 2.22. The molecule has 1 atom stereocenters. The molecule has 0 aliphatic heterocycles. The molecule has 0 aliphatic carbocycles. The summed E-state index contributed by atoms with van der Waals surface area (Å²) in [7, 11) is 0. The van der Waals surface area contributed by atoms with Crippen molar-refractivity contribution in [2.24, 2.45) is 21.7 Å². The highest BCUT2D eigenvalue weighted by atomic mass is 32.1. The van der Waals surface area contributed by atoms with Gasteiger partial charge in [-0.1, -0.05) is 0 Å². The van der Waals surface area contributed by atoms with Crippen molar-refractivity contribution in [2.45, 2.75) is 20.0 Å². The molecule has 0 spiro atoms. The zero-order valence-corrected chi connectivity index (χ0v) is 11.3. The molecule has 7 nitrogen and oxygen atoms in total. The predicted octanol–water partition coefficient (Wildman–Crippen LogP) is -0.580. The maximum Gasteiger partial charge on any atom is 0.184 e. The fraction of sp³-hybridized carbons (Fsp3) is 0.500. The van der Waals surface area contributed by atoms with Crippen molar-refractivity contribution in [3.63, 3.8) is 0 Å². The number of ether oxygens (including phenoxy) is 1. The first-order valence-corrected chi connectivity index (χ1v) is 5.62. The summed E-state index contributed by atoms with van der Waals surface area (Å²) < 4.78 is 5.36. The van der Waals surface area contributed by atoms with Gasteiger partial charge in [-0.25, -0.2) is 0 Å². The molecule has 0 aliphatic rings. The summed E-state index contributed by atoms with van der Waals surface area (Å²) in [5.41, 5.74) is 15.8. The van der Waals surface area contributed by atoms with Crippen LogP contribution in [0.5, 0.6) is 0 Å². The van der Waals surface area contributed by atoms with E-state index in [9.17, 15) is 0 Å². The van der Waals surface area contributed by atoms with Crippen LogP contribution < -0.4 is 22.3 Å². The molecule has 0 unspecified atom stereocenters. The van der Waals surface area contributed by atoms with Gasteiger partial charge in [0.2, 0.25) is 0 Å². The molecule has 17 heavy (non-hydrogen) atoms. The molecule has 0 amide bonds. The standard InChI is InChI=1S/C8H16N6OS2/c1-3-15-5(2)6(12-14-8(10)17)4-11-13-7(9)16/h4-5H,3H2,1-2H3,(H3,9,13,16)(H3,10,14,17)/b11-4-,12-6+/t5-/m0/s1. The third-order valence-electron chi connectivity index (χ3n) is 1.50. The van der Waals surface area contributed by atoms with Crippen LogP contribution in [0.4, 0.5) is 0 Å². The normalized spacial score (nSPS) is 13.4. The second kappa shape index (κ2) is 8.79. The van der Waals surface area contributed by atoms with Gasteiger partial charge < -0.3 is 16.2 Å². The summed E-state index contributed by atoms with van der Waals surface area (Å²) in [5.74, 6) is 0. The minimum atomic E-state index is -0.265. The molecule has 0 aromatic carbocycles. The largest absolute Gasteiger partial charge is 0.375 e. The van der Waals surface area contributed by atoms with E-state index in [-0.39, 0.29) is 16.3 Å². The smallest absolute Gasteiger partial charge is 0.184 e. The van der Waals surface area contributed by atoms with E-state index in [1.54, 1.807) is 0 Å². The molecule has 6 N–H and O–H groups in total. The molecule has 0 saturated heterocycles. The van der Waals surface area contributed by atoms with E-state index in [4.69, 9.17) is 16.2 Å². The van der Waals surface area contributed by atoms with E-state index in [1.807, 2.05) is 13.8 Å². The molecule has 0 heterocycles. The molecule has 0 rings (SSSR count). The van der Waals surface area contributed by atoms with Crippen LogP contribution in [0, 0.1) is 0 Å². The Balaban J connectivity index is 4.60. The maximum atomic E-state index is 5.36. The average molecular weight is 276 g/mol. The highest BCUT2D eigenvalue weighted by Gasteiger charge is 2.08. The second-order valence-corrected chi connectivity index (χ2v) is 3.72. The Kier molecular flexibility index (Phi) is 8.11. The molecule has 9 heteroatoms. The summed E-state index contributed by atoms with van der Waals surface area (Å²) in [5, 5.41) is 7.84. The monoisotopic (exact) mass is 276 g/mol. The van der Waals surface area contributed by atoms with Crippen LogP contribution in [0.3, 0.4) is 0 Å². The number of nitrogens with zero attached hydrogens (tertiary/aromatic N) is 2. The maximum absolute atomic E-state index is 5.36. The lowest BCUT2D eigenvalue weighted by Gasteiger charge is -2.11. The van der Waals surface area contributed by atoms with Crippen LogP contribution in [0.2, 0.25) is 0 Å². The van der Waals surface area contributed by atoms with E-state index in [0.717, 1.165) is 0 Å². The molecule has 0 aromatic heterocycles. The minimum absolute atomic E-state index is 0.0573. The number of hydrogen-bond donors (Lipinski definition) is 4. The van der Waals surface area contributed by atoms with Gasteiger partial charge in [0, 0.05) is 6.61 Å². The molecule has 0 saturated carbocycles. The van der Waals surface area contributed by atoms with Gasteiger partial charge in [0.25, 0.3) is 0 Å². The number of nitrogens with two attached hydrogens (primary N) is 2. The Morgan fingerprint density at radius 2 is 1.94 bits per heavy atom. The topological polar surface area (TPSA) is 110 Å².